The van der Waals surface area contributed by atoms with Gasteiger partial charge in [-0.05, 0) is 43.7 Å². The number of carbonyl (C=O) groups excluding carboxylic acids is 3. The lowest BCUT2D eigenvalue weighted by Crippen LogP contribution is -2.46. The Kier molecular flexibility index (Phi) is 3.91. The lowest BCUT2D eigenvalue weighted by Gasteiger charge is -2.27. The van der Waals surface area contributed by atoms with Gasteiger partial charge in [0.05, 0.1) is 23.6 Å². The predicted octanol–water partition coefficient (Wildman–Crippen LogP) is 2.66. The molecular formula is C22H19FN2O3. The first kappa shape index (κ1) is 17.3. The molecule has 0 N–H and O–H groups in total. The second kappa shape index (κ2) is 6.34. The number of ketones is 1. The summed E-state index contributed by atoms with van der Waals surface area (Å²) in [6, 6.07) is 13.6. The van der Waals surface area contributed by atoms with Crippen molar-refractivity contribution < 1.29 is 18.8 Å². The molecule has 4 atom stereocenters. The Hall–Kier alpha value is -2.86. The minimum Gasteiger partial charge on any atom is -0.292 e. The van der Waals surface area contributed by atoms with E-state index in [-0.39, 0.29) is 23.6 Å². The van der Waals surface area contributed by atoms with Gasteiger partial charge in [-0.3, -0.25) is 19.3 Å². The summed E-state index contributed by atoms with van der Waals surface area (Å²) in [6.07, 6.45) is 1.71. The zero-order valence-corrected chi connectivity index (χ0v) is 15.1. The minimum atomic E-state index is -0.685. The van der Waals surface area contributed by atoms with Gasteiger partial charge in [-0.1, -0.05) is 30.3 Å². The molecule has 3 aliphatic heterocycles. The molecule has 0 saturated carbocycles. The third-order valence-electron chi connectivity index (χ3n) is 6.26. The largest absolute Gasteiger partial charge is 0.292 e. The van der Waals surface area contributed by atoms with Crippen molar-refractivity contribution in [3.05, 3.63) is 66.0 Å². The number of hydrogen-bond acceptors (Lipinski definition) is 4. The molecule has 5 nitrogen and oxygen atoms in total. The molecule has 3 aliphatic rings. The molecule has 5 rings (SSSR count). The van der Waals surface area contributed by atoms with Crippen LogP contribution in [0.5, 0.6) is 0 Å². The fourth-order valence-electron chi connectivity index (χ4n) is 5.13. The van der Waals surface area contributed by atoms with Gasteiger partial charge in [-0.2, -0.15) is 0 Å². The van der Waals surface area contributed by atoms with Crippen LogP contribution in [0.25, 0.3) is 0 Å². The van der Waals surface area contributed by atoms with E-state index < -0.39 is 23.7 Å². The third kappa shape index (κ3) is 2.37. The van der Waals surface area contributed by atoms with Gasteiger partial charge >= 0.3 is 0 Å². The van der Waals surface area contributed by atoms with Crippen LogP contribution < -0.4 is 4.90 Å². The summed E-state index contributed by atoms with van der Waals surface area (Å²) in [7, 11) is 0. The van der Waals surface area contributed by atoms with Crippen molar-refractivity contribution in [1.29, 1.82) is 0 Å². The number of anilines is 1. The summed E-state index contributed by atoms with van der Waals surface area (Å²) in [4.78, 5) is 43.0. The van der Waals surface area contributed by atoms with Crippen molar-refractivity contribution in [3.63, 3.8) is 0 Å². The van der Waals surface area contributed by atoms with Gasteiger partial charge in [0.1, 0.15) is 5.82 Å². The van der Waals surface area contributed by atoms with Crippen molar-refractivity contribution in [3.8, 4) is 0 Å². The summed E-state index contributed by atoms with van der Waals surface area (Å²) >= 11 is 0. The zero-order valence-electron chi connectivity index (χ0n) is 15.1. The number of Topliss-reactive ketones (excluding diaryl/α,β-unsaturated/α-hetero) is 1. The Balaban J connectivity index is 1.55. The van der Waals surface area contributed by atoms with Crippen LogP contribution >= 0.6 is 0 Å². The van der Waals surface area contributed by atoms with Crippen LogP contribution in [-0.4, -0.2) is 41.1 Å². The summed E-state index contributed by atoms with van der Waals surface area (Å²) < 4.78 is 13.3. The second-order valence-electron chi connectivity index (χ2n) is 7.66. The number of halogens is 1. The molecule has 0 bridgehead atoms. The number of imide groups is 1. The standard InChI is InChI=1S/C22H19FN2O3/c23-14-8-10-15(11-9-14)25-21(27)17-16-7-4-12-24(16)19(18(17)22(25)28)20(26)13-5-2-1-3-6-13/h1-3,5-6,8-11,16-19H,4,7,12H2/t16-,17+,18+,19-/m0/s1. The molecule has 28 heavy (non-hydrogen) atoms. The molecule has 3 fully saturated rings. The molecule has 0 radical (unpaired) electrons. The monoisotopic (exact) mass is 378 g/mol. The van der Waals surface area contributed by atoms with Crippen LogP contribution in [0.4, 0.5) is 10.1 Å². The second-order valence-corrected chi connectivity index (χ2v) is 7.66. The molecule has 0 aromatic heterocycles. The number of carbonyl (C=O) groups is 3. The number of fused-ring (bicyclic) bond motifs is 3. The first-order valence-corrected chi connectivity index (χ1v) is 9.56. The summed E-state index contributed by atoms with van der Waals surface area (Å²) in [5, 5.41) is 0. The first-order valence-electron chi connectivity index (χ1n) is 9.56. The average molecular weight is 378 g/mol. The lowest BCUT2D eigenvalue weighted by atomic mass is 9.85. The van der Waals surface area contributed by atoms with E-state index in [2.05, 4.69) is 4.90 Å². The predicted molar refractivity (Wildman–Crippen MR) is 100 cm³/mol. The topological polar surface area (TPSA) is 57.7 Å². The fraction of sp³-hybridized carbons (Fsp3) is 0.318. The van der Waals surface area contributed by atoms with Crippen LogP contribution in [0.1, 0.15) is 23.2 Å². The summed E-state index contributed by atoms with van der Waals surface area (Å²) in [5.74, 6) is -2.37. The van der Waals surface area contributed by atoms with Crippen LogP contribution in [0, 0.1) is 17.7 Å². The molecule has 2 aromatic rings. The third-order valence-corrected chi connectivity index (χ3v) is 6.26. The van der Waals surface area contributed by atoms with E-state index in [1.54, 1.807) is 24.3 Å². The van der Waals surface area contributed by atoms with Gasteiger partial charge in [0.2, 0.25) is 11.8 Å². The van der Waals surface area contributed by atoms with Gasteiger partial charge < -0.3 is 0 Å². The van der Waals surface area contributed by atoms with Crippen LogP contribution in [0.15, 0.2) is 54.6 Å². The quantitative estimate of drug-likeness (QED) is 0.609. The van der Waals surface area contributed by atoms with E-state index in [0.717, 1.165) is 24.3 Å². The molecular weight excluding hydrogens is 359 g/mol. The Morgan fingerprint density at radius 3 is 2.32 bits per heavy atom. The molecule has 0 spiro atoms. The number of nitrogens with zero attached hydrogens (tertiary/aromatic N) is 2. The highest BCUT2D eigenvalue weighted by atomic mass is 19.1. The maximum Gasteiger partial charge on any atom is 0.239 e. The van der Waals surface area contributed by atoms with Crippen LogP contribution in [-0.2, 0) is 9.59 Å². The fourth-order valence-corrected chi connectivity index (χ4v) is 5.13. The van der Waals surface area contributed by atoms with Gasteiger partial charge in [0, 0.05) is 11.6 Å². The van der Waals surface area contributed by atoms with Crippen molar-refractivity contribution in [2.75, 3.05) is 11.4 Å². The number of rotatable bonds is 3. The normalized spacial score (nSPS) is 29.2. The minimum absolute atomic E-state index is 0.0930. The molecule has 2 aromatic carbocycles. The maximum atomic E-state index is 13.3. The Morgan fingerprint density at radius 2 is 1.61 bits per heavy atom. The molecule has 142 valence electrons. The van der Waals surface area contributed by atoms with Gasteiger partial charge in [-0.25, -0.2) is 9.29 Å². The molecule has 0 aliphatic carbocycles. The number of benzene rings is 2. The van der Waals surface area contributed by atoms with E-state index in [4.69, 9.17) is 0 Å². The number of amides is 2. The zero-order chi connectivity index (χ0) is 19.4. The molecule has 2 amide bonds. The Bertz CT molecular complexity index is 960. The number of hydrogen-bond donors (Lipinski definition) is 0. The average Bonchev–Trinajstić information content (AvgIpc) is 3.35. The molecule has 3 saturated heterocycles. The Morgan fingerprint density at radius 1 is 0.929 bits per heavy atom. The van der Waals surface area contributed by atoms with E-state index in [9.17, 15) is 18.8 Å². The van der Waals surface area contributed by atoms with Crippen molar-refractivity contribution >= 4 is 23.3 Å². The smallest absolute Gasteiger partial charge is 0.239 e. The van der Waals surface area contributed by atoms with Crippen LogP contribution in [0.3, 0.4) is 0 Å². The van der Waals surface area contributed by atoms with E-state index in [1.165, 1.54) is 24.3 Å². The van der Waals surface area contributed by atoms with E-state index in [0.29, 0.717) is 11.3 Å². The van der Waals surface area contributed by atoms with Crippen molar-refractivity contribution in [2.45, 2.75) is 24.9 Å². The van der Waals surface area contributed by atoms with Gasteiger partial charge in [0.25, 0.3) is 0 Å². The van der Waals surface area contributed by atoms with E-state index in [1.807, 2.05) is 6.07 Å². The SMILES string of the molecule is O=C(c1ccccc1)[C@@H]1[C@@H]2C(=O)N(c3ccc(F)cc3)C(=O)[C@@H]2[C@@H]2CCCN12. The first-order chi connectivity index (χ1) is 13.6. The van der Waals surface area contributed by atoms with Gasteiger partial charge in [-0.15, -0.1) is 0 Å². The highest BCUT2D eigenvalue weighted by molar-refractivity contribution is 6.24. The maximum absolute atomic E-state index is 13.3. The van der Waals surface area contributed by atoms with Crippen molar-refractivity contribution in [2.24, 2.45) is 11.8 Å². The summed E-state index contributed by atoms with van der Waals surface area (Å²) in [6.45, 7) is 0.720. The van der Waals surface area contributed by atoms with Gasteiger partial charge in [0.15, 0.2) is 5.78 Å². The Labute approximate surface area is 161 Å². The highest BCUT2D eigenvalue weighted by Gasteiger charge is 2.64. The molecule has 6 heteroatoms. The van der Waals surface area contributed by atoms with E-state index >= 15 is 0 Å². The molecule has 0 unspecified atom stereocenters. The summed E-state index contributed by atoms with van der Waals surface area (Å²) in [5.41, 5.74) is 0.917. The highest BCUT2D eigenvalue weighted by Crippen LogP contribution is 2.48. The lowest BCUT2D eigenvalue weighted by molar-refractivity contribution is -0.123. The molecule has 3 heterocycles. The van der Waals surface area contributed by atoms with Crippen molar-refractivity contribution in [1.82, 2.24) is 4.90 Å². The van der Waals surface area contributed by atoms with Crippen LogP contribution in [0.2, 0.25) is 0 Å².